The Hall–Kier alpha value is -4.27. The lowest BCUT2D eigenvalue weighted by Gasteiger charge is -2.53. The predicted molar refractivity (Wildman–Crippen MR) is 168 cm³/mol. The predicted octanol–water partition coefficient (Wildman–Crippen LogP) is 7.83. The average molecular weight is 615 g/mol. The van der Waals surface area contributed by atoms with Crippen molar-refractivity contribution in [3.05, 3.63) is 83.3 Å². The number of rotatable bonds is 6. The zero-order valence-corrected chi connectivity index (χ0v) is 26.3. The zero-order chi connectivity index (χ0) is 31.8. The maximum absolute atomic E-state index is 14.1. The number of nitrogens with zero attached hydrogens (tertiary/aromatic N) is 2. The molecule has 0 bridgehead atoms. The van der Waals surface area contributed by atoms with Gasteiger partial charge in [-0.25, -0.2) is 14.4 Å². The molecule has 1 aromatic heterocycles. The number of hydrogen-bond donors (Lipinski definition) is 1. The fourth-order valence-corrected chi connectivity index (χ4v) is 7.48. The molecule has 2 amide bonds. The van der Waals surface area contributed by atoms with Crippen LogP contribution in [0.2, 0.25) is 0 Å². The molecule has 1 N–H and O–H groups in total. The second-order valence-corrected chi connectivity index (χ2v) is 13.6. The van der Waals surface area contributed by atoms with E-state index >= 15 is 0 Å². The second kappa shape index (κ2) is 12.3. The van der Waals surface area contributed by atoms with Crippen molar-refractivity contribution >= 4 is 18.2 Å². The summed E-state index contributed by atoms with van der Waals surface area (Å²) in [5.74, 6) is -1.07. The largest absolute Gasteiger partial charge is 0.475 e. The minimum Gasteiger partial charge on any atom is -0.475 e. The fourth-order valence-electron chi connectivity index (χ4n) is 7.48. The standard InChI is InChI=1S/C36H42N2O7/c1-35(2,3)45-34(42)38-20-17-24(21-36(38)18-9-4-10-19-36)37(22-25-15-16-31(44-25)32(39)40)33(41)43-23-30-28-13-7-5-11-26(28)27-12-6-8-14-29(27)30/h5-8,11-16,24,30H,4,9-10,17-23H2,1-3H3,(H,39,40). The van der Waals surface area contributed by atoms with Gasteiger partial charge in [-0.05, 0) is 80.8 Å². The number of amides is 2. The maximum atomic E-state index is 14.1. The Bertz CT molecular complexity index is 1520. The van der Waals surface area contributed by atoms with Crippen molar-refractivity contribution in [3.8, 4) is 11.1 Å². The van der Waals surface area contributed by atoms with Gasteiger partial charge in [0.05, 0.1) is 6.54 Å². The third-order valence-electron chi connectivity index (χ3n) is 9.48. The normalized spacial score (nSPS) is 19.1. The molecule has 45 heavy (non-hydrogen) atoms. The van der Waals surface area contributed by atoms with Crippen molar-refractivity contribution in [2.75, 3.05) is 13.2 Å². The Balaban J connectivity index is 1.26. The van der Waals surface area contributed by atoms with Gasteiger partial charge < -0.3 is 23.9 Å². The van der Waals surface area contributed by atoms with Gasteiger partial charge in [0.25, 0.3) is 0 Å². The number of piperidine rings is 1. The first-order valence-corrected chi connectivity index (χ1v) is 16.0. The lowest BCUT2D eigenvalue weighted by Crippen LogP contribution is -2.62. The summed E-state index contributed by atoms with van der Waals surface area (Å²) in [5.41, 5.74) is 3.51. The van der Waals surface area contributed by atoms with Crippen LogP contribution in [-0.2, 0) is 16.0 Å². The maximum Gasteiger partial charge on any atom is 0.410 e. The second-order valence-electron chi connectivity index (χ2n) is 13.6. The Morgan fingerprint density at radius 1 is 0.956 bits per heavy atom. The van der Waals surface area contributed by atoms with E-state index in [1.165, 1.54) is 6.07 Å². The molecule has 2 heterocycles. The monoisotopic (exact) mass is 614 g/mol. The number of ether oxygens (including phenoxy) is 2. The number of carboxylic acid groups (broad SMARTS) is 1. The summed E-state index contributed by atoms with van der Waals surface area (Å²) < 4.78 is 17.6. The molecular formula is C36H42N2O7. The molecule has 2 fully saturated rings. The first kappa shape index (κ1) is 30.7. The van der Waals surface area contributed by atoms with E-state index in [1.807, 2.05) is 49.9 Å². The van der Waals surface area contributed by atoms with Crippen molar-refractivity contribution < 1.29 is 33.4 Å². The van der Waals surface area contributed by atoms with Crippen LogP contribution in [0.1, 0.15) is 99.1 Å². The van der Waals surface area contributed by atoms with Gasteiger partial charge in [0, 0.05) is 24.0 Å². The lowest BCUT2D eigenvalue weighted by molar-refractivity contribution is -0.0465. The molecule has 2 aliphatic carbocycles. The topological polar surface area (TPSA) is 110 Å². The van der Waals surface area contributed by atoms with Gasteiger partial charge >= 0.3 is 18.2 Å². The van der Waals surface area contributed by atoms with Crippen molar-refractivity contribution in [3.63, 3.8) is 0 Å². The van der Waals surface area contributed by atoms with Crippen LogP contribution in [0.3, 0.4) is 0 Å². The molecular weight excluding hydrogens is 572 g/mol. The van der Waals surface area contributed by atoms with Crippen LogP contribution < -0.4 is 0 Å². The van der Waals surface area contributed by atoms with Crippen LogP contribution in [0, 0.1) is 0 Å². The van der Waals surface area contributed by atoms with E-state index in [9.17, 15) is 19.5 Å². The van der Waals surface area contributed by atoms with Gasteiger partial charge in [-0.15, -0.1) is 0 Å². The number of fused-ring (bicyclic) bond motifs is 3. The SMILES string of the molecule is CC(C)(C)OC(=O)N1CCC(N(Cc2ccc(C(=O)O)o2)C(=O)OCC2c3ccccc3-c3ccccc32)CC12CCCCC2. The van der Waals surface area contributed by atoms with Gasteiger partial charge in [-0.1, -0.05) is 67.8 Å². The van der Waals surface area contributed by atoms with E-state index in [0.717, 1.165) is 54.4 Å². The van der Waals surface area contributed by atoms with Crippen molar-refractivity contribution in [1.29, 1.82) is 0 Å². The summed E-state index contributed by atoms with van der Waals surface area (Å²) in [4.78, 5) is 42.6. The molecule has 6 rings (SSSR count). The number of hydrogen-bond acceptors (Lipinski definition) is 6. The van der Waals surface area contributed by atoms with Crippen LogP contribution >= 0.6 is 0 Å². The van der Waals surface area contributed by atoms with Gasteiger partial charge in [-0.2, -0.15) is 0 Å². The molecule has 9 nitrogen and oxygen atoms in total. The van der Waals surface area contributed by atoms with Crippen LogP contribution in [0.5, 0.6) is 0 Å². The fraction of sp³-hybridized carbons (Fsp3) is 0.472. The van der Waals surface area contributed by atoms with Gasteiger partial charge in [0.15, 0.2) is 0 Å². The molecule has 1 saturated carbocycles. The Morgan fingerprint density at radius 2 is 1.60 bits per heavy atom. The summed E-state index contributed by atoms with van der Waals surface area (Å²) in [5, 5.41) is 9.44. The van der Waals surface area contributed by atoms with E-state index in [2.05, 4.69) is 24.3 Å². The molecule has 1 aliphatic heterocycles. The van der Waals surface area contributed by atoms with E-state index in [-0.39, 0.29) is 37.0 Å². The van der Waals surface area contributed by atoms with Crippen molar-refractivity contribution in [2.45, 2.75) is 95.4 Å². The van der Waals surface area contributed by atoms with Crippen LogP contribution in [0.25, 0.3) is 11.1 Å². The van der Waals surface area contributed by atoms with Crippen LogP contribution in [0.15, 0.2) is 65.1 Å². The Labute approximate surface area is 264 Å². The number of likely N-dealkylation sites (tertiary alicyclic amines) is 1. The van der Waals surface area contributed by atoms with Crippen LogP contribution in [0.4, 0.5) is 9.59 Å². The quantitative estimate of drug-likeness (QED) is 0.301. The highest BCUT2D eigenvalue weighted by Gasteiger charge is 2.48. The highest BCUT2D eigenvalue weighted by Crippen LogP contribution is 2.45. The summed E-state index contributed by atoms with van der Waals surface area (Å²) in [6, 6.07) is 19.2. The van der Waals surface area contributed by atoms with E-state index < -0.39 is 23.2 Å². The molecule has 3 aromatic rings. The number of carbonyl (C=O) groups excluding carboxylic acids is 2. The van der Waals surface area contributed by atoms with Gasteiger partial charge in [-0.3, -0.25) is 4.90 Å². The van der Waals surface area contributed by atoms with Crippen molar-refractivity contribution in [1.82, 2.24) is 9.80 Å². The number of furan rings is 1. The Morgan fingerprint density at radius 3 is 2.20 bits per heavy atom. The first-order valence-electron chi connectivity index (χ1n) is 16.0. The zero-order valence-electron chi connectivity index (χ0n) is 26.3. The molecule has 1 spiro atoms. The molecule has 3 aliphatic rings. The number of carboxylic acids is 1. The van der Waals surface area contributed by atoms with Gasteiger partial charge in [0.2, 0.25) is 5.76 Å². The molecule has 2 aromatic carbocycles. The minimum absolute atomic E-state index is 0.0666. The molecule has 1 unspecified atom stereocenters. The highest BCUT2D eigenvalue weighted by atomic mass is 16.6. The van der Waals surface area contributed by atoms with E-state index in [0.29, 0.717) is 25.1 Å². The number of benzene rings is 2. The third-order valence-corrected chi connectivity index (χ3v) is 9.48. The first-order chi connectivity index (χ1) is 21.5. The summed E-state index contributed by atoms with van der Waals surface area (Å²) in [6.45, 7) is 6.31. The third kappa shape index (κ3) is 6.30. The number of aromatic carboxylic acids is 1. The van der Waals surface area contributed by atoms with E-state index in [4.69, 9.17) is 13.9 Å². The lowest BCUT2D eigenvalue weighted by atomic mass is 9.73. The highest BCUT2D eigenvalue weighted by molar-refractivity contribution is 5.84. The summed E-state index contributed by atoms with van der Waals surface area (Å²) in [6.07, 6.45) is 5.11. The summed E-state index contributed by atoms with van der Waals surface area (Å²) >= 11 is 0. The molecule has 1 saturated heterocycles. The minimum atomic E-state index is -1.17. The van der Waals surface area contributed by atoms with Crippen LogP contribution in [-0.4, -0.2) is 63.4 Å². The number of carbonyl (C=O) groups is 3. The molecule has 238 valence electrons. The Kier molecular flexibility index (Phi) is 8.37. The molecule has 9 heteroatoms. The smallest absolute Gasteiger partial charge is 0.410 e. The summed E-state index contributed by atoms with van der Waals surface area (Å²) in [7, 11) is 0. The average Bonchev–Trinajstić information content (AvgIpc) is 3.61. The van der Waals surface area contributed by atoms with Gasteiger partial charge in [0.1, 0.15) is 18.0 Å². The molecule has 1 atom stereocenters. The molecule has 0 radical (unpaired) electrons. The van der Waals surface area contributed by atoms with Crippen molar-refractivity contribution in [2.24, 2.45) is 0 Å². The van der Waals surface area contributed by atoms with E-state index in [1.54, 1.807) is 11.0 Å².